The average Bonchev–Trinajstić information content (AvgIpc) is 2.53. The minimum Gasteiger partial charge on any atom is -0.348 e. The first-order valence-electron chi connectivity index (χ1n) is 3.25. The Balaban J connectivity index is 2.70. The maximum Gasteiger partial charge on any atom is 0.244 e. The second-order valence-electron chi connectivity index (χ2n) is 2.20. The van der Waals surface area contributed by atoms with Crippen molar-refractivity contribution < 1.29 is 4.79 Å². The van der Waals surface area contributed by atoms with Crippen LogP contribution in [0.15, 0.2) is 12.4 Å². The monoisotopic (exact) mass is 154 g/mol. The van der Waals surface area contributed by atoms with Gasteiger partial charge in [-0.3, -0.25) is 10.2 Å². The summed E-state index contributed by atoms with van der Waals surface area (Å²) < 4.78 is 0. The zero-order chi connectivity index (χ0) is 8.27. The van der Waals surface area contributed by atoms with E-state index < -0.39 is 0 Å². The van der Waals surface area contributed by atoms with Gasteiger partial charge in [-0.05, 0) is 6.92 Å². The van der Waals surface area contributed by atoms with E-state index in [0.717, 1.165) is 0 Å². The molecule has 0 bridgehead atoms. The molecule has 1 unspecified atom stereocenters. The van der Waals surface area contributed by atoms with Crippen molar-refractivity contribution in [3.8, 4) is 0 Å². The minimum absolute atomic E-state index is 0.250. The summed E-state index contributed by atoms with van der Waals surface area (Å²) >= 11 is 0. The van der Waals surface area contributed by atoms with E-state index in [1.807, 2.05) is 0 Å². The molecule has 0 aliphatic heterocycles. The van der Waals surface area contributed by atoms with Crippen LogP contribution in [0, 0.1) is 0 Å². The molecule has 0 spiro atoms. The molecule has 0 fully saturated rings. The minimum atomic E-state index is -0.324. The number of nitrogens with zero attached hydrogens (tertiary/aromatic N) is 1. The number of imidazole rings is 1. The predicted octanol–water partition coefficient (Wildman–Crippen LogP) is -0.497. The highest BCUT2D eigenvalue weighted by molar-refractivity contribution is 5.81. The molecule has 1 rings (SSSR count). The van der Waals surface area contributed by atoms with E-state index in [1.165, 1.54) is 0 Å². The number of hydrogen-bond acceptors (Lipinski definition) is 3. The lowest BCUT2D eigenvalue weighted by Gasteiger charge is -2.04. The molecule has 1 aromatic heterocycles. The van der Waals surface area contributed by atoms with E-state index in [9.17, 15) is 4.79 Å². The van der Waals surface area contributed by atoms with E-state index in [0.29, 0.717) is 5.82 Å². The Morgan fingerprint density at radius 1 is 1.91 bits per heavy atom. The lowest BCUT2D eigenvalue weighted by Crippen LogP contribution is -2.34. The molecule has 11 heavy (non-hydrogen) atoms. The maximum absolute atomic E-state index is 10.9. The van der Waals surface area contributed by atoms with Gasteiger partial charge in [0.15, 0.2) is 0 Å². The number of hydrogen-bond donors (Lipinski definition) is 3. The molecular formula is C6H10N4O. The van der Waals surface area contributed by atoms with Crippen LogP contribution in [0.1, 0.15) is 18.7 Å². The van der Waals surface area contributed by atoms with Crippen molar-refractivity contribution in [2.45, 2.75) is 12.8 Å². The van der Waals surface area contributed by atoms with Crippen LogP contribution >= 0.6 is 0 Å². The zero-order valence-corrected chi connectivity index (χ0v) is 6.16. The molecule has 0 saturated heterocycles. The summed E-state index contributed by atoms with van der Waals surface area (Å²) in [6.07, 6.45) is 3.26. The first-order valence-corrected chi connectivity index (χ1v) is 3.25. The van der Waals surface area contributed by atoms with Gasteiger partial charge in [0.25, 0.3) is 0 Å². The molecule has 5 nitrogen and oxygen atoms in total. The van der Waals surface area contributed by atoms with Crippen LogP contribution < -0.4 is 11.3 Å². The Kier molecular flexibility index (Phi) is 2.22. The number of H-pyrrole nitrogens is 1. The number of carbonyl (C=O) groups excluding carboxylic acids is 1. The molecule has 4 N–H and O–H groups in total. The van der Waals surface area contributed by atoms with Crippen LogP contribution in [0.2, 0.25) is 0 Å². The van der Waals surface area contributed by atoms with Gasteiger partial charge in [-0.1, -0.05) is 0 Å². The van der Waals surface area contributed by atoms with Crippen LogP contribution in [0.5, 0.6) is 0 Å². The topological polar surface area (TPSA) is 83.8 Å². The summed E-state index contributed by atoms with van der Waals surface area (Å²) in [7, 11) is 0. The third-order valence-corrected chi connectivity index (χ3v) is 1.47. The Morgan fingerprint density at radius 3 is 3.09 bits per heavy atom. The van der Waals surface area contributed by atoms with Crippen molar-refractivity contribution in [3.63, 3.8) is 0 Å². The van der Waals surface area contributed by atoms with Gasteiger partial charge >= 0.3 is 0 Å². The second-order valence-corrected chi connectivity index (χ2v) is 2.20. The van der Waals surface area contributed by atoms with E-state index in [1.54, 1.807) is 19.3 Å². The molecule has 0 aromatic carbocycles. The molecule has 0 saturated carbocycles. The van der Waals surface area contributed by atoms with Crippen molar-refractivity contribution >= 4 is 5.91 Å². The van der Waals surface area contributed by atoms with Crippen molar-refractivity contribution in [2.75, 3.05) is 0 Å². The molecule has 1 aromatic rings. The first-order chi connectivity index (χ1) is 5.25. The fourth-order valence-corrected chi connectivity index (χ4v) is 0.763. The fraction of sp³-hybridized carbons (Fsp3) is 0.333. The third kappa shape index (κ3) is 1.56. The summed E-state index contributed by atoms with van der Waals surface area (Å²) in [6.45, 7) is 1.72. The Morgan fingerprint density at radius 2 is 2.64 bits per heavy atom. The number of nitrogens with two attached hydrogens (primary N) is 1. The van der Waals surface area contributed by atoms with Crippen LogP contribution in [0.4, 0.5) is 0 Å². The van der Waals surface area contributed by atoms with E-state index in [-0.39, 0.29) is 11.8 Å². The molecule has 1 heterocycles. The maximum atomic E-state index is 10.9. The Labute approximate surface area is 64.0 Å². The number of nitrogens with one attached hydrogen (secondary N) is 2. The van der Waals surface area contributed by atoms with Gasteiger partial charge in [-0.2, -0.15) is 0 Å². The molecule has 1 amide bonds. The summed E-state index contributed by atoms with van der Waals surface area (Å²) in [5.41, 5.74) is 2.05. The van der Waals surface area contributed by atoms with Crippen LogP contribution in [0.3, 0.4) is 0 Å². The summed E-state index contributed by atoms with van der Waals surface area (Å²) in [4.78, 5) is 17.7. The highest BCUT2D eigenvalue weighted by atomic mass is 16.2. The van der Waals surface area contributed by atoms with Crippen LogP contribution in [-0.4, -0.2) is 15.9 Å². The number of hydrazine groups is 1. The van der Waals surface area contributed by atoms with Gasteiger partial charge in [0.1, 0.15) is 5.82 Å². The lowest BCUT2D eigenvalue weighted by molar-refractivity contribution is -0.122. The summed E-state index contributed by atoms with van der Waals surface area (Å²) in [5.74, 6) is 4.98. The van der Waals surface area contributed by atoms with Gasteiger partial charge in [0.2, 0.25) is 5.91 Å². The normalized spacial score (nSPS) is 12.5. The van der Waals surface area contributed by atoms with Gasteiger partial charge in [0.05, 0.1) is 5.92 Å². The highest BCUT2D eigenvalue weighted by Gasteiger charge is 2.15. The first kappa shape index (κ1) is 7.74. The summed E-state index contributed by atoms with van der Waals surface area (Å²) in [6, 6.07) is 0. The average molecular weight is 154 g/mol. The largest absolute Gasteiger partial charge is 0.348 e. The van der Waals surface area contributed by atoms with Crippen molar-refractivity contribution in [2.24, 2.45) is 5.84 Å². The smallest absolute Gasteiger partial charge is 0.244 e. The SMILES string of the molecule is CC(C(=O)NN)c1ncc[nH]1. The van der Waals surface area contributed by atoms with Crippen molar-refractivity contribution in [3.05, 3.63) is 18.2 Å². The van der Waals surface area contributed by atoms with E-state index in [2.05, 4.69) is 15.4 Å². The number of aromatic nitrogens is 2. The third-order valence-electron chi connectivity index (χ3n) is 1.47. The molecule has 1 atom stereocenters. The summed E-state index contributed by atoms with van der Waals surface area (Å²) in [5, 5.41) is 0. The van der Waals surface area contributed by atoms with Gasteiger partial charge in [-0.15, -0.1) is 0 Å². The molecule has 60 valence electrons. The number of amides is 1. The van der Waals surface area contributed by atoms with Gasteiger partial charge in [-0.25, -0.2) is 10.8 Å². The van der Waals surface area contributed by atoms with Gasteiger partial charge < -0.3 is 4.98 Å². The molecule has 0 aliphatic rings. The fourth-order valence-electron chi connectivity index (χ4n) is 0.763. The second kappa shape index (κ2) is 3.16. The van der Waals surface area contributed by atoms with Crippen molar-refractivity contribution in [1.82, 2.24) is 15.4 Å². The predicted molar refractivity (Wildman–Crippen MR) is 39.3 cm³/mol. The molecule has 5 heteroatoms. The van der Waals surface area contributed by atoms with Crippen molar-refractivity contribution in [1.29, 1.82) is 0 Å². The number of aromatic amines is 1. The highest BCUT2D eigenvalue weighted by Crippen LogP contribution is 2.07. The number of rotatable bonds is 2. The number of carbonyl (C=O) groups is 1. The van der Waals surface area contributed by atoms with Gasteiger partial charge in [0, 0.05) is 12.4 Å². The van der Waals surface area contributed by atoms with Crippen LogP contribution in [-0.2, 0) is 4.79 Å². The Bertz CT molecular complexity index is 231. The van der Waals surface area contributed by atoms with E-state index in [4.69, 9.17) is 5.84 Å². The van der Waals surface area contributed by atoms with E-state index >= 15 is 0 Å². The molecule has 0 aliphatic carbocycles. The van der Waals surface area contributed by atoms with Crippen LogP contribution in [0.25, 0.3) is 0 Å². The molecule has 0 radical (unpaired) electrons. The Hall–Kier alpha value is -1.36. The quantitative estimate of drug-likeness (QED) is 0.305. The lowest BCUT2D eigenvalue weighted by atomic mass is 10.1. The molecular weight excluding hydrogens is 144 g/mol. The zero-order valence-electron chi connectivity index (χ0n) is 6.16. The standard InChI is InChI=1S/C6H10N4O/c1-4(6(11)10-7)5-8-2-3-9-5/h2-4H,7H2,1H3,(H,8,9)(H,10,11).